The molecule has 8 heteroatoms. The van der Waals surface area contributed by atoms with E-state index < -0.39 is 0 Å². The van der Waals surface area contributed by atoms with Crippen molar-refractivity contribution in [2.24, 2.45) is 0 Å². The lowest BCUT2D eigenvalue weighted by molar-refractivity contribution is 0.0976. The summed E-state index contributed by atoms with van der Waals surface area (Å²) in [5, 5.41) is 4.77. The number of aromatic nitrogens is 5. The second kappa shape index (κ2) is 12.9. The molecule has 38 heavy (non-hydrogen) atoms. The summed E-state index contributed by atoms with van der Waals surface area (Å²) < 4.78 is 7.15. The molecule has 1 aromatic carbocycles. The average molecular weight is 512 g/mol. The van der Waals surface area contributed by atoms with Crippen LogP contribution in [0.3, 0.4) is 0 Å². The molecule has 1 aliphatic rings. The quantitative estimate of drug-likeness (QED) is 0.303. The van der Waals surface area contributed by atoms with Gasteiger partial charge in [0.2, 0.25) is 0 Å². The number of hydrogen-bond acceptors (Lipinski definition) is 7. The maximum Gasteiger partial charge on any atom is 0.133 e. The Bertz CT molecular complexity index is 1280. The van der Waals surface area contributed by atoms with Crippen molar-refractivity contribution in [1.29, 1.82) is 0 Å². The fourth-order valence-corrected chi connectivity index (χ4v) is 4.87. The van der Waals surface area contributed by atoms with Crippen LogP contribution < -0.4 is 0 Å². The van der Waals surface area contributed by atoms with Crippen molar-refractivity contribution in [3.8, 4) is 22.5 Å². The molecular weight excluding hydrogens is 474 g/mol. The van der Waals surface area contributed by atoms with E-state index in [-0.39, 0.29) is 0 Å². The molecule has 198 valence electrons. The Kier molecular flexibility index (Phi) is 8.86. The lowest BCUT2D eigenvalue weighted by atomic mass is 10.1. The van der Waals surface area contributed by atoms with Gasteiger partial charge in [0.05, 0.1) is 12.3 Å². The summed E-state index contributed by atoms with van der Waals surface area (Å²) in [5.41, 5.74) is 6.35. The van der Waals surface area contributed by atoms with Crippen molar-refractivity contribution in [2.45, 2.75) is 26.3 Å². The molecule has 0 aliphatic carbocycles. The first kappa shape index (κ1) is 26.2. The Hall–Kier alpha value is -3.46. The largest absolute Gasteiger partial charge is 0.383 e. The summed E-state index contributed by atoms with van der Waals surface area (Å²) in [4.78, 5) is 18.8. The number of benzene rings is 1. The van der Waals surface area contributed by atoms with Crippen molar-refractivity contribution in [1.82, 2.24) is 34.5 Å². The fourth-order valence-electron chi connectivity index (χ4n) is 4.87. The van der Waals surface area contributed by atoms with Crippen LogP contribution in [0.4, 0.5) is 0 Å². The standard InChI is InChI=1S/C30H37N7O/c1-3-37-23-27(30(34-37)26-5-4-12-31-22-26)28-10-13-32-29(33-28)21-25-8-6-24(7-9-25)11-14-35-15-17-36(18-16-35)19-20-38-2/h4-10,12-13,22-23H,3,11,14-21H2,1-2H3. The number of piperazine rings is 1. The SMILES string of the molecule is CCn1cc(-c2ccnc(Cc3ccc(CCN4CCN(CCOC)CC4)cc3)n2)c(-c2cccnc2)n1. The van der Waals surface area contributed by atoms with E-state index in [1.807, 2.05) is 35.3 Å². The predicted octanol–water partition coefficient (Wildman–Crippen LogP) is 3.82. The van der Waals surface area contributed by atoms with Gasteiger partial charge in [-0.25, -0.2) is 9.97 Å². The van der Waals surface area contributed by atoms with Crippen LogP contribution in [0.5, 0.6) is 0 Å². The summed E-state index contributed by atoms with van der Waals surface area (Å²) in [6, 6.07) is 14.9. The van der Waals surface area contributed by atoms with Gasteiger partial charge in [-0.3, -0.25) is 14.6 Å². The summed E-state index contributed by atoms with van der Waals surface area (Å²) >= 11 is 0. The second-order valence-electron chi connectivity index (χ2n) is 9.77. The Morgan fingerprint density at radius 2 is 1.66 bits per heavy atom. The molecule has 0 radical (unpaired) electrons. The second-order valence-corrected chi connectivity index (χ2v) is 9.77. The van der Waals surface area contributed by atoms with Crippen LogP contribution in [0.2, 0.25) is 0 Å². The molecule has 5 rings (SSSR count). The van der Waals surface area contributed by atoms with E-state index in [0.717, 1.165) is 87.2 Å². The molecule has 0 unspecified atom stereocenters. The summed E-state index contributed by atoms with van der Waals surface area (Å²) in [6.07, 6.45) is 9.29. The molecule has 4 heterocycles. The molecule has 4 aromatic rings. The molecule has 3 aromatic heterocycles. The Morgan fingerprint density at radius 3 is 2.37 bits per heavy atom. The molecular formula is C30H37N7O. The number of nitrogens with zero attached hydrogens (tertiary/aromatic N) is 7. The molecule has 8 nitrogen and oxygen atoms in total. The molecule has 0 bridgehead atoms. The van der Waals surface area contributed by atoms with Crippen LogP contribution in [0.25, 0.3) is 22.5 Å². The van der Waals surface area contributed by atoms with Gasteiger partial charge in [-0.2, -0.15) is 5.10 Å². The number of rotatable bonds is 11. The van der Waals surface area contributed by atoms with Crippen LogP contribution in [0, 0.1) is 0 Å². The molecule has 0 atom stereocenters. The highest BCUT2D eigenvalue weighted by Crippen LogP contribution is 2.29. The van der Waals surface area contributed by atoms with Crippen LogP contribution in [-0.2, 0) is 24.1 Å². The predicted molar refractivity (Wildman–Crippen MR) is 150 cm³/mol. The van der Waals surface area contributed by atoms with Crippen LogP contribution in [0.15, 0.2) is 67.3 Å². The maximum absolute atomic E-state index is 5.21. The van der Waals surface area contributed by atoms with Gasteiger partial charge in [0.15, 0.2) is 0 Å². The lowest BCUT2D eigenvalue weighted by Crippen LogP contribution is -2.47. The normalized spacial score (nSPS) is 14.7. The van der Waals surface area contributed by atoms with Crippen LogP contribution >= 0.6 is 0 Å². The Morgan fingerprint density at radius 1 is 0.895 bits per heavy atom. The van der Waals surface area contributed by atoms with Crippen molar-refractivity contribution in [3.05, 3.63) is 84.2 Å². The third-order valence-electron chi connectivity index (χ3n) is 7.18. The molecule has 0 N–H and O–H groups in total. The minimum atomic E-state index is 0.696. The molecule has 1 saturated heterocycles. The van der Waals surface area contributed by atoms with Gasteiger partial charge in [-0.05, 0) is 42.7 Å². The highest BCUT2D eigenvalue weighted by Gasteiger charge is 2.17. The first-order valence-electron chi connectivity index (χ1n) is 13.5. The Labute approximate surface area is 225 Å². The minimum Gasteiger partial charge on any atom is -0.383 e. The van der Waals surface area contributed by atoms with E-state index >= 15 is 0 Å². The number of aryl methyl sites for hydroxylation is 1. The molecule has 1 fully saturated rings. The molecule has 0 saturated carbocycles. The fraction of sp³-hybridized carbons (Fsp3) is 0.400. The summed E-state index contributed by atoms with van der Waals surface area (Å²) in [5.74, 6) is 0.808. The van der Waals surface area contributed by atoms with Crippen molar-refractivity contribution in [3.63, 3.8) is 0 Å². The topological polar surface area (TPSA) is 72.2 Å². The number of pyridine rings is 1. The van der Waals surface area contributed by atoms with E-state index in [0.29, 0.717) is 6.42 Å². The highest BCUT2D eigenvalue weighted by molar-refractivity contribution is 5.78. The number of hydrogen-bond donors (Lipinski definition) is 0. The monoisotopic (exact) mass is 511 g/mol. The van der Waals surface area contributed by atoms with Gasteiger partial charge in [0.1, 0.15) is 11.5 Å². The zero-order valence-corrected chi connectivity index (χ0v) is 22.5. The summed E-state index contributed by atoms with van der Waals surface area (Å²) in [6.45, 7) is 10.4. The maximum atomic E-state index is 5.21. The van der Waals surface area contributed by atoms with Crippen molar-refractivity contribution in [2.75, 3.05) is 53.0 Å². The van der Waals surface area contributed by atoms with E-state index in [9.17, 15) is 0 Å². The van der Waals surface area contributed by atoms with Crippen molar-refractivity contribution >= 4 is 0 Å². The van der Waals surface area contributed by atoms with E-state index in [1.54, 1.807) is 13.3 Å². The zero-order valence-electron chi connectivity index (χ0n) is 22.5. The molecule has 0 spiro atoms. The van der Waals surface area contributed by atoms with E-state index in [2.05, 4.69) is 57.2 Å². The smallest absolute Gasteiger partial charge is 0.133 e. The zero-order chi connectivity index (χ0) is 26.2. The van der Waals surface area contributed by atoms with Gasteiger partial charge < -0.3 is 9.64 Å². The van der Waals surface area contributed by atoms with Gasteiger partial charge in [0, 0.05) is 95.3 Å². The average Bonchev–Trinajstić information content (AvgIpc) is 3.42. The van der Waals surface area contributed by atoms with Gasteiger partial charge in [0.25, 0.3) is 0 Å². The Balaban J connectivity index is 1.20. The van der Waals surface area contributed by atoms with Crippen molar-refractivity contribution < 1.29 is 4.74 Å². The first-order valence-corrected chi connectivity index (χ1v) is 13.5. The molecule has 0 amide bonds. The van der Waals surface area contributed by atoms with Crippen LogP contribution in [-0.4, -0.2) is 87.5 Å². The first-order chi connectivity index (χ1) is 18.7. The third-order valence-corrected chi connectivity index (χ3v) is 7.18. The third kappa shape index (κ3) is 6.69. The lowest BCUT2D eigenvalue weighted by Gasteiger charge is -2.34. The highest BCUT2D eigenvalue weighted by atomic mass is 16.5. The summed E-state index contributed by atoms with van der Waals surface area (Å²) in [7, 11) is 1.77. The van der Waals surface area contributed by atoms with Gasteiger partial charge in [-0.15, -0.1) is 0 Å². The van der Waals surface area contributed by atoms with E-state index in [4.69, 9.17) is 14.8 Å². The van der Waals surface area contributed by atoms with Gasteiger partial charge >= 0.3 is 0 Å². The molecule has 1 aliphatic heterocycles. The van der Waals surface area contributed by atoms with E-state index in [1.165, 1.54) is 11.1 Å². The number of methoxy groups -OCH3 is 1. The van der Waals surface area contributed by atoms with Crippen LogP contribution in [0.1, 0.15) is 23.9 Å². The minimum absolute atomic E-state index is 0.696. The van der Waals surface area contributed by atoms with Gasteiger partial charge in [-0.1, -0.05) is 24.3 Å². The number of ether oxygens (including phenoxy) is 1.